The van der Waals surface area contributed by atoms with E-state index in [0.717, 1.165) is 18.4 Å². The second-order valence-corrected chi connectivity index (χ2v) is 3.77. The van der Waals surface area contributed by atoms with Crippen LogP contribution in [0.4, 0.5) is 0 Å². The fourth-order valence-corrected chi connectivity index (χ4v) is 2.15. The Hall–Kier alpha value is -0.300. The lowest BCUT2D eigenvalue weighted by atomic mass is 9.86. The van der Waals surface area contributed by atoms with E-state index in [9.17, 15) is 0 Å². The molecule has 0 radical (unpaired) electrons. The molecule has 1 aliphatic rings. The van der Waals surface area contributed by atoms with E-state index in [1.54, 1.807) is 0 Å². The zero-order valence-electron chi connectivity index (χ0n) is 8.13. The van der Waals surface area contributed by atoms with Crippen molar-refractivity contribution in [2.24, 2.45) is 17.6 Å². The highest BCUT2D eigenvalue weighted by atomic mass is 14.5. The smallest absolute Gasteiger partial charge is 0.00772 e. The molecule has 2 atom stereocenters. The van der Waals surface area contributed by atoms with Gasteiger partial charge in [0, 0.05) is 0 Å². The summed E-state index contributed by atoms with van der Waals surface area (Å²) in [5.74, 6) is 1.76. The van der Waals surface area contributed by atoms with Crippen LogP contribution >= 0.6 is 0 Å². The summed E-state index contributed by atoms with van der Waals surface area (Å²) in [4.78, 5) is 0. The minimum Gasteiger partial charge on any atom is -0.330 e. The monoisotopic (exact) mass is 167 g/mol. The Bertz CT molecular complexity index is 140. The van der Waals surface area contributed by atoms with Crippen molar-refractivity contribution in [3.8, 4) is 0 Å². The van der Waals surface area contributed by atoms with Crippen molar-refractivity contribution in [2.45, 2.75) is 39.0 Å². The van der Waals surface area contributed by atoms with Crippen molar-refractivity contribution in [3.05, 3.63) is 12.2 Å². The third kappa shape index (κ3) is 2.63. The molecule has 70 valence electrons. The highest BCUT2D eigenvalue weighted by Gasteiger charge is 2.18. The first-order valence-corrected chi connectivity index (χ1v) is 5.25. The van der Waals surface area contributed by atoms with Gasteiger partial charge in [0.15, 0.2) is 0 Å². The van der Waals surface area contributed by atoms with Gasteiger partial charge in [-0.1, -0.05) is 25.5 Å². The predicted octanol–water partition coefficient (Wildman–Crippen LogP) is 2.72. The molecule has 2 N–H and O–H groups in total. The molecule has 1 rings (SSSR count). The van der Waals surface area contributed by atoms with Crippen LogP contribution in [0, 0.1) is 11.8 Å². The number of hydrogen-bond acceptors (Lipinski definition) is 1. The molecule has 0 bridgehead atoms. The van der Waals surface area contributed by atoms with Gasteiger partial charge in [-0.2, -0.15) is 0 Å². The van der Waals surface area contributed by atoms with Crippen LogP contribution in [0.5, 0.6) is 0 Å². The summed E-state index contributed by atoms with van der Waals surface area (Å²) in [5.41, 5.74) is 5.51. The average Bonchev–Trinajstić information content (AvgIpc) is 2.59. The van der Waals surface area contributed by atoms with E-state index >= 15 is 0 Å². The van der Waals surface area contributed by atoms with Gasteiger partial charge < -0.3 is 5.73 Å². The number of rotatable bonds is 5. The normalized spacial score (nSPS) is 24.7. The van der Waals surface area contributed by atoms with E-state index < -0.39 is 0 Å². The zero-order chi connectivity index (χ0) is 8.81. The molecule has 0 aromatic carbocycles. The molecule has 1 aliphatic carbocycles. The summed E-state index contributed by atoms with van der Waals surface area (Å²) >= 11 is 0. The number of allylic oxidation sites excluding steroid dienone is 2. The van der Waals surface area contributed by atoms with E-state index in [0.29, 0.717) is 0 Å². The van der Waals surface area contributed by atoms with Gasteiger partial charge in [0.25, 0.3) is 0 Å². The minimum absolute atomic E-state index is 0.854. The first-order chi connectivity index (χ1) is 5.88. The van der Waals surface area contributed by atoms with Crippen LogP contribution in [0.25, 0.3) is 0 Å². The molecule has 0 aromatic rings. The molecule has 1 heteroatoms. The Balaban J connectivity index is 2.28. The average molecular weight is 167 g/mol. The van der Waals surface area contributed by atoms with Crippen molar-refractivity contribution < 1.29 is 0 Å². The van der Waals surface area contributed by atoms with Gasteiger partial charge in [0.2, 0.25) is 0 Å². The molecule has 0 spiro atoms. The van der Waals surface area contributed by atoms with Crippen LogP contribution in [0.3, 0.4) is 0 Å². The Morgan fingerprint density at radius 3 is 2.92 bits per heavy atom. The van der Waals surface area contributed by atoms with Gasteiger partial charge in [-0.15, -0.1) is 0 Å². The summed E-state index contributed by atoms with van der Waals surface area (Å²) < 4.78 is 0. The van der Waals surface area contributed by atoms with Crippen molar-refractivity contribution in [3.63, 3.8) is 0 Å². The van der Waals surface area contributed by atoms with Gasteiger partial charge in [0.1, 0.15) is 0 Å². The van der Waals surface area contributed by atoms with Crippen LogP contribution in [-0.4, -0.2) is 6.54 Å². The number of nitrogens with two attached hydrogens (primary N) is 1. The largest absolute Gasteiger partial charge is 0.330 e. The van der Waals surface area contributed by atoms with E-state index in [1.807, 2.05) is 0 Å². The zero-order valence-corrected chi connectivity index (χ0v) is 8.13. The molecule has 0 aromatic heterocycles. The third-order valence-electron chi connectivity index (χ3n) is 2.96. The lowest BCUT2D eigenvalue weighted by Gasteiger charge is -2.20. The van der Waals surface area contributed by atoms with Gasteiger partial charge >= 0.3 is 0 Å². The van der Waals surface area contributed by atoms with Crippen molar-refractivity contribution >= 4 is 0 Å². The summed E-state index contributed by atoms with van der Waals surface area (Å²) in [6.07, 6.45) is 11.2. The Morgan fingerprint density at radius 2 is 2.42 bits per heavy atom. The predicted molar refractivity (Wildman–Crippen MR) is 53.9 cm³/mol. The molecular formula is C11H21N. The second kappa shape index (κ2) is 5.36. The summed E-state index contributed by atoms with van der Waals surface area (Å²) in [5, 5.41) is 0. The second-order valence-electron chi connectivity index (χ2n) is 3.77. The van der Waals surface area contributed by atoms with Crippen molar-refractivity contribution in [1.29, 1.82) is 0 Å². The molecule has 2 unspecified atom stereocenters. The van der Waals surface area contributed by atoms with Gasteiger partial charge in [0.05, 0.1) is 0 Å². The molecule has 0 amide bonds. The van der Waals surface area contributed by atoms with E-state index in [1.165, 1.54) is 32.1 Å². The summed E-state index contributed by atoms with van der Waals surface area (Å²) in [6.45, 7) is 3.15. The Morgan fingerprint density at radius 1 is 1.58 bits per heavy atom. The van der Waals surface area contributed by atoms with E-state index in [2.05, 4.69) is 19.1 Å². The summed E-state index contributed by atoms with van der Waals surface area (Å²) in [7, 11) is 0. The van der Waals surface area contributed by atoms with Crippen molar-refractivity contribution in [2.75, 3.05) is 6.54 Å². The first kappa shape index (κ1) is 9.79. The van der Waals surface area contributed by atoms with Crippen LogP contribution in [0.1, 0.15) is 39.0 Å². The van der Waals surface area contributed by atoms with Gasteiger partial charge in [-0.25, -0.2) is 0 Å². The highest BCUT2D eigenvalue weighted by Crippen LogP contribution is 2.30. The maximum atomic E-state index is 5.51. The van der Waals surface area contributed by atoms with Crippen LogP contribution in [0.15, 0.2) is 12.2 Å². The first-order valence-electron chi connectivity index (χ1n) is 5.25. The standard InChI is InChI=1S/C11H21N/c1-2-10(8-5-9-12)11-6-3-4-7-11/h3,6,10-11H,2,4-5,7-9,12H2,1H3. The van der Waals surface area contributed by atoms with Crippen LogP contribution in [0.2, 0.25) is 0 Å². The van der Waals surface area contributed by atoms with E-state index in [4.69, 9.17) is 5.73 Å². The lowest BCUT2D eigenvalue weighted by molar-refractivity contribution is 0.347. The Labute approximate surface area is 76.0 Å². The molecule has 0 saturated heterocycles. The summed E-state index contributed by atoms with van der Waals surface area (Å²) in [6, 6.07) is 0. The minimum atomic E-state index is 0.854. The number of hydrogen-bond donors (Lipinski definition) is 1. The molecule has 0 fully saturated rings. The lowest BCUT2D eigenvalue weighted by Crippen LogP contribution is -2.12. The van der Waals surface area contributed by atoms with E-state index in [-0.39, 0.29) is 0 Å². The fraction of sp³-hybridized carbons (Fsp3) is 0.818. The molecule has 12 heavy (non-hydrogen) atoms. The van der Waals surface area contributed by atoms with Gasteiger partial charge in [-0.3, -0.25) is 0 Å². The fourth-order valence-electron chi connectivity index (χ4n) is 2.15. The molecular weight excluding hydrogens is 146 g/mol. The van der Waals surface area contributed by atoms with Crippen LogP contribution in [-0.2, 0) is 0 Å². The van der Waals surface area contributed by atoms with Crippen molar-refractivity contribution in [1.82, 2.24) is 0 Å². The molecule has 1 nitrogen and oxygen atoms in total. The van der Waals surface area contributed by atoms with Gasteiger partial charge in [-0.05, 0) is 44.1 Å². The molecule has 0 aliphatic heterocycles. The third-order valence-corrected chi connectivity index (χ3v) is 2.96. The SMILES string of the molecule is CCC(CCCN)C1C=CCC1. The maximum absolute atomic E-state index is 5.51. The Kier molecular flexibility index (Phi) is 4.37. The van der Waals surface area contributed by atoms with Crippen LogP contribution < -0.4 is 5.73 Å². The topological polar surface area (TPSA) is 26.0 Å². The highest BCUT2D eigenvalue weighted by molar-refractivity contribution is 4.98. The molecule has 0 heterocycles. The maximum Gasteiger partial charge on any atom is -0.00772 e. The quantitative estimate of drug-likeness (QED) is 0.626. The molecule has 0 saturated carbocycles.